The molecule has 0 bridgehead atoms. The summed E-state index contributed by atoms with van der Waals surface area (Å²) >= 11 is 0. The largest absolute Gasteiger partial charge is 0.456 e. The summed E-state index contributed by atoms with van der Waals surface area (Å²) in [6.45, 7) is -0.991. The molecule has 6 nitrogen and oxygen atoms in total. The average molecular weight is 347 g/mol. The molecule has 0 N–H and O–H groups in total. The predicted molar refractivity (Wildman–Crippen MR) is 83.9 cm³/mol. The van der Waals surface area contributed by atoms with E-state index in [1.54, 1.807) is 0 Å². The molecule has 1 aliphatic carbocycles. The first-order valence-electron chi connectivity index (χ1n) is 8.27. The van der Waals surface area contributed by atoms with Crippen molar-refractivity contribution in [1.29, 1.82) is 0 Å². The first kappa shape index (κ1) is 17.3. The summed E-state index contributed by atoms with van der Waals surface area (Å²) in [5.41, 5.74) is 0.216. The van der Waals surface area contributed by atoms with Crippen LogP contribution in [0.1, 0.15) is 36.0 Å². The van der Waals surface area contributed by atoms with E-state index in [1.807, 2.05) is 0 Å². The van der Waals surface area contributed by atoms with E-state index < -0.39 is 30.7 Å². The van der Waals surface area contributed by atoms with Crippen molar-refractivity contribution in [3.05, 3.63) is 35.6 Å². The molecule has 1 saturated heterocycles. The van der Waals surface area contributed by atoms with E-state index in [-0.39, 0.29) is 29.2 Å². The van der Waals surface area contributed by atoms with Crippen molar-refractivity contribution < 1.29 is 28.3 Å². The Hall–Kier alpha value is -2.57. The van der Waals surface area contributed by atoms with Crippen molar-refractivity contribution in [1.82, 2.24) is 4.90 Å². The zero-order valence-corrected chi connectivity index (χ0v) is 13.6. The lowest BCUT2D eigenvalue weighted by atomic mass is 9.81. The van der Waals surface area contributed by atoms with E-state index in [2.05, 4.69) is 0 Å². The normalized spacial score (nSPS) is 22.7. The maximum absolute atomic E-state index is 12.8. The van der Waals surface area contributed by atoms with Crippen LogP contribution in [-0.2, 0) is 19.1 Å². The number of carbonyl (C=O) groups is 4. The SMILES string of the molecule is O=C(CN1C(=O)[C@H]2CCCC[C@H]2C1=O)OCC(=O)c1ccc(F)cc1. The highest BCUT2D eigenvalue weighted by Crippen LogP contribution is 2.37. The molecule has 1 aromatic carbocycles. The van der Waals surface area contributed by atoms with Crippen LogP contribution >= 0.6 is 0 Å². The number of hydrogen-bond donors (Lipinski definition) is 0. The highest BCUT2D eigenvalue weighted by atomic mass is 19.1. The Morgan fingerprint density at radius 3 is 2.16 bits per heavy atom. The van der Waals surface area contributed by atoms with Crippen LogP contribution in [0.2, 0.25) is 0 Å². The molecule has 1 aliphatic heterocycles. The second-order valence-electron chi connectivity index (χ2n) is 6.35. The third-order valence-electron chi connectivity index (χ3n) is 4.75. The van der Waals surface area contributed by atoms with Crippen LogP contribution in [0.5, 0.6) is 0 Å². The molecule has 7 heteroatoms. The lowest BCUT2D eigenvalue weighted by Crippen LogP contribution is -2.37. The molecule has 0 radical (unpaired) electrons. The van der Waals surface area contributed by atoms with E-state index >= 15 is 0 Å². The summed E-state index contributed by atoms with van der Waals surface area (Å²) < 4.78 is 17.7. The first-order chi connectivity index (χ1) is 12.0. The van der Waals surface area contributed by atoms with Gasteiger partial charge in [-0.25, -0.2) is 4.39 Å². The molecule has 1 aromatic rings. The van der Waals surface area contributed by atoms with Gasteiger partial charge < -0.3 is 4.74 Å². The highest BCUT2D eigenvalue weighted by Gasteiger charge is 2.48. The van der Waals surface area contributed by atoms with Gasteiger partial charge in [-0.1, -0.05) is 12.8 Å². The molecule has 2 aliphatic rings. The fourth-order valence-electron chi connectivity index (χ4n) is 3.43. The summed E-state index contributed by atoms with van der Waals surface area (Å²) in [5.74, 6) is -3.06. The number of fused-ring (bicyclic) bond motifs is 1. The lowest BCUT2D eigenvalue weighted by Gasteiger charge is -2.19. The Bertz CT molecular complexity index is 691. The smallest absolute Gasteiger partial charge is 0.326 e. The Morgan fingerprint density at radius 2 is 1.60 bits per heavy atom. The number of esters is 1. The van der Waals surface area contributed by atoms with Gasteiger partial charge in [-0.3, -0.25) is 24.1 Å². The van der Waals surface area contributed by atoms with Gasteiger partial charge in [-0.05, 0) is 37.1 Å². The third kappa shape index (κ3) is 3.60. The second-order valence-corrected chi connectivity index (χ2v) is 6.35. The van der Waals surface area contributed by atoms with Crippen LogP contribution in [-0.4, -0.2) is 41.6 Å². The van der Waals surface area contributed by atoms with E-state index in [0.717, 1.165) is 29.9 Å². The van der Waals surface area contributed by atoms with Gasteiger partial charge in [0.05, 0.1) is 11.8 Å². The Morgan fingerprint density at radius 1 is 1.04 bits per heavy atom. The van der Waals surface area contributed by atoms with Gasteiger partial charge in [-0.2, -0.15) is 0 Å². The van der Waals surface area contributed by atoms with Crippen LogP contribution in [0.3, 0.4) is 0 Å². The van der Waals surface area contributed by atoms with Gasteiger partial charge in [0, 0.05) is 5.56 Å². The first-order valence-corrected chi connectivity index (χ1v) is 8.27. The molecule has 2 atom stereocenters. The summed E-state index contributed by atoms with van der Waals surface area (Å²) in [4.78, 5) is 49.3. The molecule has 1 saturated carbocycles. The number of carbonyl (C=O) groups excluding carboxylic acids is 4. The molecular weight excluding hydrogens is 329 g/mol. The lowest BCUT2D eigenvalue weighted by molar-refractivity contribution is -0.152. The van der Waals surface area contributed by atoms with Gasteiger partial charge >= 0.3 is 5.97 Å². The number of nitrogens with zero attached hydrogens (tertiary/aromatic N) is 1. The second kappa shape index (κ2) is 7.13. The van der Waals surface area contributed by atoms with Gasteiger partial charge in [-0.15, -0.1) is 0 Å². The molecule has 132 valence electrons. The molecule has 3 rings (SSSR count). The van der Waals surface area contributed by atoms with Gasteiger partial charge in [0.1, 0.15) is 12.4 Å². The van der Waals surface area contributed by atoms with E-state index in [0.29, 0.717) is 12.8 Å². The Balaban J connectivity index is 1.54. The number of Topliss-reactive ketones (excluding diaryl/α,β-unsaturated/α-hetero) is 1. The standard InChI is InChI=1S/C18H18FNO5/c19-12-7-5-11(6-8-12)15(21)10-25-16(22)9-20-17(23)13-3-1-2-4-14(13)18(20)24/h5-8,13-14H,1-4,9-10H2/t13-,14+. The average Bonchev–Trinajstić information content (AvgIpc) is 2.86. The number of amides is 2. The summed E-state index contributed by atoms with van der Waals surface area (Å²) in [7, 11) is 0. The van der Waals surface area contributed by atoms with Gasteiger partial charge in [0.25, 0.3) is 0 Å². The number of benzene rings is 1. The predicted octanol–water partition coefficient (Wildman–Crippen LogP) is 1.73. The van der Waals surface area contributed by atoms with Crippen molar-refractivity contribution in [2.45, 2.75) is 25.7 Å². The van der Waals surface area contributed by atoms with E-state index in [1.165, 1.54) is 12.1 Å². The third-order valence-corrected chi connectivity index (χ3v) is 4.75. The van der Waals surface area contributed by atoms with Crippen LogP contribution in [0.25, 0.3) is 0 Å². The summed E-state index contributed by atoms with van der Waals surface area (Å²) in [5, 5.41) is 0. The monoisotopic (exact) mass is 347 g/mol. The minimum absolute atomic E-state index is 0.216. The minimum atomic E-state index is -0.809. The minimum Gasteiger partial charge on any atom is -0.456 e. The number of ketones is 1. The van der Waals surface area contributed by atoms with E-state index in [4.69, 9.17) is 4.74 Å². The molecule has 0 spiro atoms. The van der Waals surface area contributed by atoms with Crippen molar-refractivity contribution in [3.63, 3.8) is 0 Å². The van der Waals surface area contributed by atoms with Crippen molar-refractivity contribution >= 4 is 23.6 Å². The molecule has 0 aromatic heterocycles. The van der Waals surface area contributed by atoms with Crippen LogP contribution in [0, 0.1) is 17.7 Å². The van der Waals surface area contributed by atoms with Crippen molar-refractivity contribution in [3.8, 4) is 0 Å². The van der Waals surface area contributed by atoms with E-state index in [9.17, 15) is 23.6 Å². The number of rotatable bonds is 5. The Kier molecular flexibility index (Phi) is 4.92. The topological polar surface area (TPSA) is 80.8 Å². The van der Waals surface area contributed by atoms with Gasteiger partial charge in [0.15, 0.2) is 12.4 Å². The molecule has 1 heterocycles. The van der Waals surface area contributed by atoms with Crippen LogP contribution in [0.15, 0.2) is 24.3 Å². The number of imide groups is 1. The number of likely N-dealkylation sites (tertiary alicyclic amines) is 1. The van der Waals surface area contributed by atoms with Gasteiger partial charge in [0.2, 0.25) is 11.8 Å². The zero-order chi connectivity index (χ0) is 18.0. The highest BCUT2D eigenvalue weighted by molar-refractivity contribution is 6.07. The molecule has 0 unspecified atom stereocenters. The maximum atomic E-state index is 12.8. The van der Waals surface area contributed by atoms with Crippen molar-refractivity contribution in [2.75, 3.05) is 13.2 Å². The van der Waals surface area contributed by atoms with Crippen LogP contribution in [0.4, 0.5) is 4.39 Å². The molecular formula is C18H18FNO5. The quantitative estimate of drug-likeness (QED) is 0.460. The fraction of sp³-hybridized carbons (Fsp3) is 0.444. The van der Waals surface area contributed by atoms with Crippen LogP contribution < -0.4 is 0 Å². The number of halogens is 1. The number of hydrogen-bond acceptors (Lipinski definition) is 5. The molecule has 2 fully saturated rings. The summed E-state index contributed by atoms with van der Waals surface area (Å²) in [6.07, 6.45) is 3.16. The van der Waals surface area contributed by atoms with Crippen molar-refractivity contribution in [2.24, 2.45) is 11.8 Å². The summed E-state index contributed by atoms with van der Waals surface area (Å²) in [6, 6.07) is 4.87. The maximum Gasteiger partial charge on any atom is 0.326 e. The zero-order valence-electron chi connectivity index (χ0n) is 13.6. The number of ether oxygens (including phenoxy) is 1. The Labute approximate surface area is 143 Å². The molecule has 25 heavy (non-hydrogen) atoms. The fourth-order valence-corrected chi connectivity index (χ4v) is 3.43. The molecule has 2 amide bonds.